The fraction of sp³-hybridized carbons (Fsp3) is 0.231. The third kappa shape index (κ3) is 1.97. The van der Waals surface area contributed by atoms with E-state index in [4.69, 9.17) is 23.2 Å². The molecule has 0 fully saturated rings. The maximum Gasteiger partial charge on any atom is 0.152 e. The van der Waals surface area contributed by atoms with E-state index < -0.39 is 0 Å². The second kappa shape index (κ2) is 4.37. The Morgan fingerprint density at radius 2 is 2.06 bits per heavy atom. The zero-order chi connectivity index (χ0) is 11.8. The summed E-state index contributed by atoms with van der Waals surface area (Å²) in [5.41, 5.74) is 2.54. The van der Waals surface area contributed by atoms with Crippen molar-refractivity contribution in [1.29, 1.82) is 0 Å². The van der Waals surface area contributed by atoms with Crippen LogP contribution >= 0.6 is 23.2 Å². The van der Waals surface area contributed by atoms with E-state index in [1.54, 1.807) is 0 Å². The lowest BCUT2D eigenvalue weighted by Crippen LogP contribution is -2.88. The molecule has 4 heteroatoms. The number of rotatable bonds is 1. The van der Waals surface area contributed by atoms with Crippen molar-refractivity contribution < 1.29 is 5.32 Å². The molecule has 3 rings (SSSR count). The predicted molar refractivity (Wildman–Crippen MR) is 69.5 cm³/mol. The first-order valence-corrected chi connectivity index (χ1v) is 6.44. The zero-order valence-corrected chi connectivity index (χ0v) is 10.7. The molecule has 1 aliphatic rings. The van der Waals surface area contributed by atoms with E-state index in [9.17, 15) is 0 Å². The van der Waals surface area contributed by atoms with Gasteiger partial charge in [0.2, 0.25) is 0 Å². The number of nitrogens with zero attached hydrogens (tertiary/aromatic N) is 1. The summed E-state index contributed by atoms with van der Waals surface area (Å²) in [6.07, 6.45) is 2.13. The zero-order valence-electron chi connectivity index (χ0n) is 9.24. The van der Waals surface area contributed by atoms with Gasteiger partial charge in [-0.25, -0.2) is 0 Å². The Morgan fingerprint density at radius 1 is 1.18 bits per heavy atom. The molecule has 0 aliphatic carbocycles. The predicted octanol–water partition coefficient (Wildman–Crippen LogP) is 2.46. The average Bonchev–Trinajstić information content (AvgIpc) is 2.80. The molecule has 2 N–H and O–H groups in total. The van der Waals surface area contributed by atoms with Gasteiger partial charge in [-0.2, -0.15) is 0 Å². The molecule has 1 atom stereocenters. The fourth-order valence-electron chi connectivity index (χ4n) is 2.43. The van der Waals surface area contributed by atoms with E-state index in [0.29, 0.717) is 16.1 Å². The molecule has 2 heterocycles. The topological polar surface area (TPSA) is 21.5 Å². The van der Waals surface area contributed by atoms with Crippen molar-refractivity contribution in [1.82, 2.24) is 4.57 Å². The number of halogens is 2. The van der Waals surface area contributed by atoms with Crippen LogP contribution in [0.3, 0.4) is 0 Å². The van der Waals surface area contributed by atoms with Gasteiger partial charge in [0.1, 0.15) is 0 Å². The van der Waals surface area contributed by atoms with E-state index in [0.717, 1.165) is 13.1 Å². The maximum absolute atomic E-state index is 6.08. The number of hydrogen-bond acceptors (Lipinski definition) is 0. The lowest BCUT2D eigenvalue weighted by Gasteiger charge is -2.23. The van der Waals surface area contributed by atoms with Gasteiger partial charge in [-0.05, 0) is 24.3 Å². The molecule has 0 saturated heterocycles. The van der Waals surface area contributed by atoms with Crippen molar-refractivity contribution in [3.63, 3.8) is 0 Å². The normalized spacial score (nSPS) is 19.1. The van der Waals surface area contributed by atoms with Crippen LogP contribution in [0.5, 0.6) is 0 Å². The molecule has 1 aromatic heterocycles. The first-order valence-electron chi connectivity index (χ1n) is 5.69. The number of benzene rings is 1. The van der Waals surface area contributed by atoms with Gasteiger partial charge in [0, 0.05) is 11.8 Å². The Hall–Kier alpha value is -0.960. The lowest BCUT2D eigenvalue weighted by molar-refractivity contribution is -0.693. The molecule has 0 unspecified atom stereocenters. The SMILES string of the molecule is Clc1ccc([C@@H]2[NH2+]CCn3cccc32)cc1Cl. The molecule has 0 bridgehead atoms. The summed E-state index contributed by atoms with van der Waals surface area (Å²) in [5, 5.41) is 3.58. The highest BCUT2D eigenvalue weighted by Gasteiger charge is 2.24. The van der Waals surface area contributed by atoms with Crippen LogP contribution in [0.15, 0.2) is 36.5 Å². The highest BCUT2D eigenvalue weighted by atomic mass is 35.5. The van der Waals surface area contributed by atoms with Crippen molar-refractivity contribution in [3.05, 3.63) is 57.8 Å². The van der Waals surface area contributed by atoms with Gasteiger partial charge in [-0.3, -0.25) is 0 Å². The molecule has 88 valence electrons. The third-order valence-corrected chi connectivity index (χ3v) is 4.00. The highest BCUT2D eigenvalue weighted by Crippen LogP contribution is 2.28. The van der Waals surface area contributed by atoms with Gasteiger partial charge in [0.15, 0.2) is 6.04 Å². The largest absolute Gasteiger partial charge is 0.341 e. The molecule has 0 radical (unpaired) electrons. The average molecular weight is 268 g/mol. The Morgan fingerprint density at radius 3 is 2.88 bits per heavy atom. The minimum absolute atomic E-state index is 0.327. The summed E-state index contributed by atoms with van der Waals surface area (Å²) in [6, 6.07) is 10.5. The fourth-order valence-corrected chi connectivity index (χ4v) is 2.73. The van der Waals surface area contributed by atoms with Crippen LogP contribution in [0.2, 0.25) is 10.0 Å². The van der Waals surface area contributed by atoms with E-state index in [-0.39, 0.29) is 0 Å². The summed E-state index contributed by atoms with van der Waals surface area (Å²) in [6.45, 7) is 2.16. The quantitative estimate of drug-likeness (QED) is 0.820. The molecule has 0 amide bonds. The molecular formula is C13H13Cl2N2+. The summed E-state index contributed by atoms with van der Waals surface area (Å²) < 4.78 is 2.30. The second-order valence-corrected chi connectivity index (χ2v) is 5.12. The minimum atomic E-state index is 0.327. The molecule has 2 nitrogen and oxygen atoms in total. The van der Waals surface area contributed by atoms with Gasteiger partial charge in [0.25, 0.3) is 0 Å². The van der Waals surface area contributed by atoms with E-state index in [1.807, 2.05) is 12.1 Å². The Balaban J connectivity index is 2.03. The summed E-state index contributed by atoms with van der Waals surface area (Å²) in [5.74, 6) is 0. The van der Waals surface area contributed by atoms with Crippen molar-refractivity contribution >= 4 is 23.2 Å². The maximum atomic E-state index is 6.08. The van der Waals surface area contributed by atoms with Crippen LogP contribution in [-0.2, 0) is 6.54 Å². The molecule has 2 aromatic rings. The van der Waals surface area contributed by atoms with E-state index >= 15 is 0 Å². The minimum Gasteiger partial charge on any atom is -0.341 e. The van der Waals surface area contributed by atoms with Crippen molar-refractivity contribution in [2.45, 2.75) is 12.6 Å². The summed E-state index contributed by atoms with van der Waals surface area (Å²) in [7, 11) is 0. The molecule has 1 aliphatic heterocycles. The molecule has 0 saturated carbocycles. The number of nitrogens with two attached hydrogens (primary N) is 1. The molecule has 0 spiro atoms. The molecular weight excluding hydrogens is 255 g/mol. The molecule has 1 aromatic carbocycles. The van der Waals surface area contributed by atoms with E-state index in [1.165, 1.54) is 11.3 Å². The summed E-state index contributed by atoms with van der Waals surface area (Å²) >= 11 is 12.0. The highest BCUT2D eigenvalue weighted by molar-refractivity contribution is 6.42. The van der Waals surface area contributed by atoms with Crippen LogP contribution in [0, 0.1) is 0 Å². The lowest BCUT2D eigenvalue weighted by atomic mass is 10.0. The van der Waals surface area contributed by atoms with Gasteiger partial charge >= 0.3 is 0 Å². The first kappa shape index (κ1) is 11.1. The number of fused-ring (bicyclic) bond motifs is 1. The van der Waals surface area contributed by atoms with Gasteiger partial charge in [0.05, 0.1) is 28.8 Å². The van der Waals surface area contributed by atoms with Crippen molar-refractivity contribution in [2.75, 3.05) is 6.54 Å². The Bertz CT molecular complexity index is 548. The Labute approximate surface area is 110 Å². The third-order valence-electron chi connectivity index (χ3n) is 3.26. The van der Waals surface area contributed by atoms with Crippen LogP contribution < -0.4 is 5.32 Å². The van der Waals surface area contributed by atoms with Crippen LogP contribution in [0.1, 0.15) is 17.3 Å². The molecule has 17 heavy (non-hydrogen) atoms. The number of quaternary nitrogens is 1. The smallest absolute Gasteiger partial charge is 0.152 e. The summed E-state index contributed by atoms with van der Waals surface area (Å²) in [4.78, 5) is 0. The van der Waals surface area contributed by atoms with Crippen LogP contribution in [0.25, 0.3) is 0 Å². The first-order chi connectivity index (χ1) is 8.25. The van der Waals surface area contributed by atoms with E-state index in [2.05, 4.69) is 34.3 Å². The second-order valence-electron chi connectivity index (χ2n) is 4.30. The van der Waals surface area contributed by atoms with Crippen molar-refractivity contribution in [2.24, 2.45) is 0 Å². The van der Waals surface area contributed by atoms with Gasteiger partial charge in [-0.1, -0.05) is 29.3 Å². The monoisotopic (exact) mass is 267 g/mol. The van der Waals surface area contributed by atoms with Crippen LogP contribution in [-0.4, -0.2) is 11.1 Å². The van der Waals surface area contributed by atoms with Gasteiger partial charge < -0.3 is 9.88 Å². The van der Waals surface area contributed by atoms with Gasteiger partial charge in [-0.15, -0.1) is 0 Å². The number of hydrogen-bond donors (Lipinski definition) is 1. The van der Waals surface area contributed by atoms with Crippen LogP contribution in [0.4, 0.5) is 0 Å². The standard InChI is InChI=1S/C13H12Cl2N2/c14-10-4-3-9(8-11(10)15)13-12-2-1-6-17(12)7-5-16-13/h1-4,6,8,13,16H,5,7H2/p+1/t13-/m0/s1. The van der Waals surface area contributed by atoms with Crippen molar-refractivity contribution in [3.8, 4) is 0 Å². The number of aromatic nitrogens is 1. The Kier molecular flexibility index (Phi) is 2.87.